The van der Waals surface area contributed by atoms with Gasteiger partial charge in [0.15, 0.2) is 5.69 Å². The summed E-state index contributed by atoms with van der Waals surface area (Å²) in [5.74, 6) is -1.48. The van der Waals surface area contributed by atoms with Crippen LogP contribution in [0.5, 0.6) is 0 Å². The maximum absolute atomic E-state index is 11.4. The first-order chi connectivity index (χ1) is 8.16. The molecule has 0 amide bonds. The molecule has 0 spiro atoms. The van der Waals surface area contributed by atoms with Crippen LogP contribution in [0.2, 0.25) is 0 Å². The summed E-state index contributed by atoms with van der Waals surface area (Å²) < 4.78 is 6.63. The van der Waals surface area contributed by atoms with Gasteiger partial charge in [-0.2, -0.15) is 0 Å². The van der Waals surface area contributed by atoms with E-state index in [0.29, 0.717) is 5.69 Å². The number of carbonyl (C=O) groups excluding carboxylic acids is 2. The summed E-state index contributed by atoms with van der Waals surface area (Å²) in [5, 5.41) is 7.40. The monoisotopic (exact) mass is 293 g/mol. The number of ether oxygens (including phenoxy) is 1. The minimum atomic E-state index is -0.756. The Morgan fingerprint density at radius 3 is 2.53 bits per heavy atom. The molecule has 1 aromatic carbocycles. The van der Waals surface area contributed by atoms with Gasteiger partial charge in [0.1, 0.15) is 0 Å². The second-order valence-corrected chi connectivity index (χ2v) is 4.27. The molecule has 1 aliphatic rings. The Morgan fingerprint density at radius 2 is 1.82 bits per heavy atom. The van der Waals surface area contributed by atoms with E-state index in [-0.39, 0.29) is 11.4 Å². The van der Waals surface area contributed by atoms with Crippen molar-refractivity contribution in [2.45, 2.75) is 0 Å². The first-order valence-electron chi connectivity index (χ1n) is 4.65. The lowest BCUT2D eigenvalue weighted by molar-refractivity contribution is 0.0434. The third kappa shape index (κ3) is 1.47. The van der Waals surface area contributed by atoms with Gasteiger partial charge in [0, 0.05) is 4.47 Å². The van der Waals surface area contributed by atoms with Crippen molar-refractivity contribution in [2.75, 3.05) is 0 Å². The summed E-state index contributed by atoms with van der Waals surface area (Å²) >= 11 is 3.30. The lowest BCUT2D eigenvalue weighted by Crippen LogP contribution is -2.08. The van der Waals surface area contributed by atoms with Crippen LogP contribution in [-0.4, -0.2) is 26.9 Å². The molecular weight excluding hydrogens is 290 g/mol. The summed E-state index contributed by atoms with van der Waals surface area (Å²) in [6.45, 7) is 0. The van der Waals surface area contributed by atoms with Crippen LogP contribution in [0.3, 0.4) is 0 Å². The van der Waals surface area contributed by atoms with Crippen LogP contribution in [0.1, 0.15) is 21.0 Å². The molecule has 3 rings (SSSR count). The molecule has 0 unspecified atom stereocenters. The third-order valence-corrected chi connectivity index (χ3v) is 2.84. The van der Waals surface area contributed by atoms with E-state index in [9.17, 15) is 9.59 Å². The molecule has 84 valence electrons. The lowest BCUT2D eigenvalue weighted by atomic mass is 10.3. The molecule has 0 fully saturated rings. The topological polar surface area (TPSA) is 74.1 Å². The highest BCUT2D eigenvalue weighted by molar-refractivity contribution is 9.10. The molecule has 2 aromatic rings. The minimum absolute atomic E-state index is 0.0436. The van der Waals surface area contributed by atoms with E-state index < -0.39 is 11.9 Å². The van der Waals surface area contributed by atoms with Crippen LogP contribution >= 0.6 is 15.9 Å². The second-order valence-electron chi connectivity index (χ2n) is 3.35. The first-order valence-corrected chi connectivity index (χ1v) is 5.44. The van der Waals surface area contributed by atoms with Crippen molar-refractivity contribution in [1.82, 2.24) is 15.0 Å². The summed E-state index contributed by atoms with van der Waals surface area (Å²) in [5.41, 5.74) is 0.656. The third-order valence-electron chi connectivity index (χ3n) is 2.31. The minimum Gasteiger partial charge on any atom is -0.383 e. The molecule has 0 saturated carbocycles. The quantitative estimate of drug-likeness (QED) is 0.586. The van der Waals surface area contributed by atoms with E-state index in [1.807, 2.05) is 0 Å². The average Bonchev–Trinajstić information content (AvgIpc) is 2.84. The number of aromatic nitrogens is 3. The van der Waals surface area contributed by atoms with Gasteiger partial charge in [0.25, 0.3) is 0 Å². The number of benzene rings is 1. The van der Waals surface area contributed by atoms with Gasteiger partial charge in [-0.1, -0.05) is 21.1 Å². The molecule has 0 bridgehead atoms. The average molecular weight is 294 g/mol. The predicted octanol–water partition coefficient (Wildman–Crippen LogP) is 1.34. The highest BCUT2D eigenvalue weighted by Gasteiger charge is 2.37. The van der Waals surface area contributed by atoms with Gasteiger partial charge >= 0.3 is 11.9 Å². The van der Waals surface area contributed by atoms with Crippen LogP contribution in [0.15, 0.2) is 28.7 Å². The van der Waals surface area contributed by atoms with E-state index >= 15 is 0 Å². The van der Waals surface area contributed by atoms with Crippen molar-refractivity contribution in [3.05, 3.63) is 40.1 Å². The molecule has 6 nitrogen and oxygen atoms in total. The fraction of sp³-hybridized carbons (Fsp3) is 0. The number of cyclic esters (lactones) is 2. The van der Waals surface area contributed by atoms with Gasteiger partial charge in [-0.15, -0.1) is 5.10 Å². The number of rotatable bonds is 1. The van der Waals surface area contributed by atoms with Crippen LogP contribution in [0, 0.1) is 0 Å². The molecule has 17 heavy (non-hydrogen) atoms. The largest absolute Gasteiger partial charge is 0.383 e. The Morgan fingerprint density at radius 1 is 1.12 bits per heavy atom. The number of halogens is 1. The van der Waals surface area contributed by atoms with Crippen LogP contribution < -0.4 is 0 Å². The number of carbonyl (C=O) groups is 2. The van der Waals surface area contributed by atoms with Crippen molar-refractivity contribution in [3.63, 3.8) is 0 Å². The Balaban J connectivity index is 2.18. The summed E-state index contributed by atoms with van der Waals surface area (Å²) in [7, 11) is 0. The van der Waals surface area contributed by atoms with Crippen molar-refractivity contribution in [1.29, 1.82) is 0 Å². The highest BCUT2D eigenvalue weighted by Crippen LogP contribution is 2.21. The van der Waals surface area contributed by atoms with E-state index in [1.165, 1.54) is 4.68 Å². The number of hydrogen-bond donors (Lipinski definition) is 0. The first kappa shape index (κ1) is 10.2. The maximum Gasteiger partial charge on any atom is 0.369 e. The molecule has 0 saturated heterocycles. The molecule has 0 atom stereocenters. The smallest absolute Gasteiger partial charge is 0.369 e. The van der Waals surface area contributed by atoms with Crippen LogP contribution in [0.4, 0.5) is 0 Å². The number of nitrogens with zero attached hydrogens (tertiary/aromatic N) is 3. The molecule has 2 heterocycles. The van der Waals surface area contributed by atoms with Crippen LogP contribution in [-0.2, 0) is 4.74 Å². The van der Waals surface area contributed by atoms with E-state index in [0.717, 1.165) is 4.47 Å². The van der Waals surface area contributed by atoms with Gasteiger partial charge < -0.3 is 4.74 Å². The van der Waals surface area contributed by atoms with Crippen LogP contribution in [0.25, 0.3) is 5.69 Å². The fourth-order valence-corrected chi connectivity index (χ4v) is 1.81. The molecule has 0 aliphatic carbocycles. The molecule has 0 radical (unpaired) electrons. The predicted molar refractivity (Wildman–Crippen MR) is 58.8 cm³/mol. The summed E-state index contributed by atoms with van der Waals surface area (Å²) in [6.07, 6.45) is 0. The van der Waals surface area contributed by atoms with E-state index in [1.54, 1.807) is 24.3 Å². The SMILES string of the molecule is O=C1OC(=O)c2c1nnn2-c1ccc(Br)cc1. The van der Waals surface area contributed by atoms with Gasteiger partial charge in [0.2, 0.25) is 5.69 Å². The standard InChI is InChI=1S/C10H4BrN3O3/c11-5-1-3-6(4-2-5)14-8-7(12-13-14)9(15)17-10(8)16/h1-4H. The molecule has 0 N–H and O–H groups in total. The van der Waals surface area contributed by atoms with Gasteiger partial charge in [-0.25, -0.2) is 14.3 Å². The Bertz CT molecular complexity index is 633. The van der Waals surface area contributed by atoms with Gasteiger partial charge in [0.05, 0.1) is 5.69 Å². The zero-order chi connectivity index (χ0) is 12.0. The number of hydrogen-bond acceptors (Lipinski definition) is 5. The molecule has 1 aromatic heterocycles. The molecular formula is C10H4BrN3O3. The normalized spacial score (nSPS) is 13.7. The second kappa shape index (κ2) is 3.49. The number of fused-ring (bicyclic) bond motifs is 1. The fourth-order valence-electron chi connectivity index (χ4n) is 1.55. The lowest BCUT2D eigenvalue weighted by Gasteiger charge is -2.01. The summed E-state index contributed by atoms with van der Waals surface area (Å²) in [4.78, 5) is 22.7. The van der Waals surface area contributed by atoms with Crippen molar-refractivity contribution < 1.29 is 14.3 Å². The molecule has 1 aliphatic heterocycles. The van der Waals surface area contributed by atoms with Crippen molar-refractivity contribution in [3.8, 4) is 5.69 Å². The van der Waals surface area contributed by atoms with E-state index in [4.69, 9.17) is 0 Å². The maximum atomic E-state index is 11.4. The van der Waals surface area contributed by atoms with Crippen molar-refractivity contribution in [2.24, 2.45) is 0 Å². The Labute approximate surface area is 103 Å². The van der Waals surface area contributed by atoms with E-state index in [2.05, 4.69) is 31.0 Å². The van der Waals surface area contributed by atoms with Gasteiger partial charge in [-0.05, 0) is 24.3 Å². The zero-order valence-electron chi connectivity index (χ0n) is 8.25. The van der Waals surface area contributed by atoms with Gasteiger partial charge in [-0.3, -0.25) is 0 Å². The highest BCUT2D eigenvalue weighted by atomic mass is 79.9. The number of esters is 2. The summed E-state index contributed by atoms with van der Waals surface area (Å²) in [6, 6.07) is 7.08. The molecule has 7 heteroatoms. The Kier molecular flexibility index (Phi) is 2.08. The van der Waals surface area contributed by atoms with Crippen molar-refractivity contribution >= 4 is 27.9 Å². The Hall–Kier alpha value is -2.02. The zero-order valence-corrected chi connectivity index (χ0v) is 9.84.